The first-order valence-corrected chi connectivity index (χ1v) is 10.2. The Morgan fingerprint density at radius 3 is 1.83 bits per heavy atom. The minimum absolute atomic E-state index is 0.315. The molecule has 0 saturated heterocycles. The van der Waals surface area contributed by atoms with Crippen LogP contribution < -0.4 is 4.74 Å². The Morgan fingerprint density at radius 1 is 0.862 bits per heavy atom. The molecule has 3 aromatic carbocycles. The van der Waals surface area contributed by atoms with Crippen LogP contribution in [0, 0.1) is 0 Å². The molecule has 0 bridgehead atoms. The Balaban J connectivity index is 1.91. The van der Waals surface area contributed by atoms with Gasteiger partial charge in [-0.05, 0) is 66.2 Å². The van der Waals surface area contributed by atoms with Gasteiger partial charge in [0.05, 0.1) is 0 Å². The highest BCUT2D eigenvalue weighted by atomic mass is 79.9. The maximum Gasteiger partial charge on any atom is 0.308 e. The Hall–Kier alpha value is -2.69. The Bertz CT molecular complexity index is 989. The van der Waals surface area contributed by atoms with Crippen molar-refractivity contribution >= 4 is 27.5 Å². The maximum atomic E-state index is 11.2. The fraction of sp³-hybridized carbons (Fsp3) is 0.160. The Labute approximate surface area is 180 Å². The van der Waals surface area contributed by atoms with Gasteiger partial charge >= 0.3 is 5.97 Å². The van der Waals surface area contributed by atoms with E-state index >= 15 is 0 Å². The van der Waals surface area contributed by atoms with E-state index in [1.54, 1.807) is 0 Å². The molecule has 0 aliphatic rings. The van der Waals surface area contributed by atoms with Crippen LogP contribution in [0.25, 0.3) is 16.7 Å². The van der Waals surface area contributed by atoms with Crippen molar-refractivity contribution in [2.75, 3.05) is 20.6 Å². The average molecular weight is 450 g/mol. The predicted molar refractivity (Wildman–Crippen MR) is 123 cm³/mol. The van der Waals surface area contributed by atoms with Crippen LogP contribution in [-0.4, -0.2) is 31.5 Å². The summed E-state index contributed by atoms with van der Waals surface area (Å²) in [4.78, 5) is 13.3. The van der Waals surface area contributed by atoms with Crippen molar-refractivity contribution in [2.24, 2.45) is 0 Å². The lowest BCUT2D eigenvalue weighted by Gasteiger charge is -2.13. The minimum Gasteiger partial charge on any atom is -0.427 e. The Morgan fingerprint density at radius 2 is 1.34 bits per heavy atom. The van der Waals surface area contributed by atoms with Crippen LogP contribution in [-0.2, 0) is 4.79 Å². The number of hydrogen-bond donors (Lipinski definition) is 0. The lowest BCUT2D eigenvalue weighted by atomic mass is 9.95. The van der Waals surface area contributed by atoms with Crippen molar-refractivity contribution < 1.29 is 9.53 Å². The van der Waals surface area contributed by atoms with Gasteiger partial charge in [0.1, 0.15) is 5.75 Å². The van der Waals surface area contributed by atoms with E-state index in [1.165, 1.54) is 18.1 Å². The molecule has 0 amide bonds. The SMILES string of the molecule is CC(=O)Oc1ccc(/C(=C\CN(C)C)c2ccc(-c3ccc(Br)cc3)cc2)cc1. The third-order valence-electron chi connectivity index (χ3n) is 4.46. The van der Waals surface area contributed by atoms with E-state index in [0.717, 1.165) is 27.7 Å². The molecule has 0 radical (unpaired) electrons. The van der Waals surface area contributed by atoms with Gasteiger partial charge in [-0.3, -0.25) is 4.79 Å². The van der Waals surface area contributed by atoms with E-state index in [9.17, 15) is 4.79 Å². The van der Waals surface area contributed by atoms with Gasteiger partial charge < -0.3 is 9.64 Å². The van der Waals surface area contributed by atoms with E-state index in [0.29, 0.717) is 5.75 Å². The number of benzene rings is 3. The summed E-state index contributed by atoms with van der Waals surface area (Å²) in [5.41, 5.74) is 5.74. The molecule has 3 nitrogen and oxygen atoms in total. The monoisotopic (exact) mass is 449 g/mol. The molecule has 29 heavy (non-hydrogen) atoms. The first-order valence-electron chi connectivity index (χ1n) is 9.42. The molecule has 0 spiro atoms. The number of carbonyl (C=O) groups excluding carboxylic acids is 1. The molecule has 3 aromatic rings. The van der Waals surface area contributed by atoms with Gasteiger partial charge in [0.25, 0.3) is 0 Å². The van der Waals surface area contributed by atoms with Crippen LogP contribution in [0.15, 0.2) is 83.3 Å². The number of hydrogen-bond acceptors (Lipinski definition) is 3. The smallest absolute Gasteiger partial charge is 0.308 e. The van der Waals surface area contributed by atoms with E-state index in [-0.39, 0.29) is 5.97 Å². The average Bonchev–Trinajstić information content (AvgIpc) is 2.70. The molecule has 3 rings (SSSR count). The van der Waals surface area contributed by atoms with Gasteiger partial charge in [0.15, 0.2) is 0 Å². The van der Waals surface area contributed by atoms with Crippen molar-refractivity contribution in [3.8, 4) is 16.9 Å². The van der Waals surface area contributed by atoms with Crippen LogP contribution in [0.2, 0.25) is 0 Å². The number of nitrogens with zero attached hydrogens (tertiary/aromatic N) is 1. The summed E-state index contributed by atoms with van der Waals surface area (Å²) >= 11 is 3.48. The van der Waals surface area contributed by atoms with Gasteiger partial charge in [-0.25, -0.2) is 0 Å². The summed E-state index contributed by atoms with van der Waals surface area (Å²) in [6, 6.07) is 24.6. The Kier molecular flexibility index (Phi) is 7.02. The quantitative estimate of drug-likeness (QED) is 0.339. The van der Waals surface area contributed by atoms with Crippen molar-refractivity contribution in [3.63, 3.8) is 0 Å². The fourth-order valence-electron chi connectivity index (χ4n) is 3.03. The number of likely N-dealkylation sites (N-methyl/N-ethyl adjacent to an activating group) is 1. The highest BCUT2D eigenvalue weighted by molar-refractivity contribution is 9.10. The molecule has 0 aliphatic carbocycles. The van der Waals surface area contributed by atoms with Crippen LogP contribution in [0.5, 0.6) is 5.75 Å². The van der Waals surface area contributed by atoms with Gasteiger partial charge in [0.2, 0.25) is 0 Å². The molecule has 0 atom stereocenters. The van der Waals surface area contributed by atoms with Crippen molar-refractivity contribution in [2.45, 2.75) is 6.92 Å². The topological polar surface area (TPSA) is 29.5 Å². The first-order chi connectivity index (χ1) is 13.9. The number of halogens is 1. The molecule has 0 heterocycles. The van der Waals surface area contributed by atoms with Crippen molar-refractivity contribution in [1.82, 2.24) is 4.90 Å². The van der Waals surface area contributed by atoms with Gasteiger partial charge in [0, 0.05) is 17.9 Å². The van der Waals surface area contributed by atoms with Crippen LogP contribution in [0.1, 0.15) is 18.1 Å². The molecule has 148 valence electrons. The zero-order chi connectivity index (χ0) is 20.8. The zero-order valence-electron chi connectivity index (χ0n) is 16.9. The number of ether oxygens (including phenoxy) is 1. The molecule has 0 fully saturated rings. The highest BCUT2D eigenvalue weighted by Gasteiger charge is 2.08. The van der Waals surface area contributed by atoms with Gasteiger partial charge in [-0.1, -0.05) is 70.5 Å². The minimum atomic E-state index is -0.315. The van der Waals surface area contributed by atoms with Crippen molar-refractivity contribution in [1.29, 1.82) is 0 Å². The second-order valence-electron chi connectivity index (χ2n) is 7.08. The molecule has 0 aromatic heterocycles. The van der Waals surface area contributed by atoms with Crippen molar-refractivity contribution in [3.05, 3.63) is 94.5 Å². The lowest BCUT2D eigenvalue weighted by Crippen LogP contribution is -2.11. The number of esters is 1. The third-order valence-corrected chi connectivity index (χ3v) is 4.99. The molecule has 0 saturated carbocycles. The normalized spacial score (nSPS) is 11.6. The van der Waals surface area contributed by atoms with E-state index in [1.807, 2.05) is 24.3 Å². The molecule has 0 aliphatic heterocycles. The fourth-order valence-corrected chi connectivity index (χ4v) is 3.29. The van der Waals surface area contributed by atoms with Crippen LogP contribution in [0.3, 0.4) is 0 Å². The molecular weight excluding hydrogens is 426 g/mol. The molecule has 0 unspecified atom stereocenters. The summed E-state index contributed by atoms with van der Waals surface area (Å²) in [5, 5.41) is 0. The lowest BCUT2D eigenvalue weighted by molar-refractivity contribution is -0.131. The molecular formula is C25H24BrNO2. The van der Waals surface area contributed by atoms with E-state index in [2.05, 4.69) is 89.5 Å². The van der Waals surface area contributed by atoms with Crippen LogP contribution in [0.4, 0.5) is 0 Å². The van der Waals surface area contributed by atoms with Gasteiger partial charge in [-0.2, -0.15) is 0 Å². The number of rotatable bonds is 6. The second-order valence-corrected chi connectivity index (χ2v) is 8.00. The standard InChI is InChI=1S/C25H24BrNO2/c1-18(28)29-24-14-10-22(11-15-24)25(16-17-27(2)3)21-6-4-19(5-7-21)20-8-12-23(26)13-9-20/h4-16H,17H2,1-3H3/b25-16-. The first kappa shape index (κ1) is 21.0. The predicted octanol–water partition coefficient (Wildman–Crippen LogP) is 6.03. The second kappa shape index (κ2) is 9.68. The summed E-state index contributed by atoms with van der Waals surface area (Å²) in [6.45, 7) is 2.23. The molecule has 4 heteroatoms. The summed E-state index contributed by atoms with van der Waals surface area (Å²) in [5.74, 6) is 0.239. The zero-order valence-corrected chi connectivity index (χ0v) is 18.4. The highest BCUT2D eigenvalue weighted by Crippen LogP contribution is 2.28. The largest absolute Gasteiger partial charge is 0.427 e. The number of carbonyl (C=O) groups is 1. The maximum absolute atomic E-state index is 11.2. The van der Waals surface area contributed by atoms with Crippen LogP contribution >= 0.6 is 15.9 Å². The van der Waals surface area contributed by atoms with E-state index in [4.69, 9.17) is 4.74 Å². The summed E-state index contributed by atoms with van der Waals surface area (Å²) in [6.07, 6.45) is 2.22. The van der Waals surface area contributed by atoms with E-state index < -0.39 is 0 Å². The summed E-state index contributed by atoms with van der Waals surface area (Å²) in [7, 11) is 4.10. The summed E-state index contributed by atoms with van der Waals surface area (Å²) < 4.78 is 6.23. The molecule has 0 N–H and O–H groups in total. The van der Waals surface area contributed by atoms with Gasteiger partial charge in [-0.15, -0.1) is 0 Å². The third kappa shape index (κ3) is 5.89.